The molecular weight excluding hydrogens is 390 g/mol. The van der Waals surface area contributed by atoms with E-state index in [1.165, 1.54) is 0 Å². The predicted octanol–water partition coefficient (Wildman–Crippen LogP) is 5.15. The van der Waals surface area contributed by atoms with Crippen molar-refractivity contribution in [3.05, 3.63) is 88.9 Å². The van der Waals surface area contributed by atoms with Crippen LogP contribution in [0.5, 0.6) is 11.5 Å². The molecule has 0 saturated heterocycles. The lowest BCUT2D eigenvalue weighted by Gasteiger charge is -2.27. The lowest BCUT2D eigenvalue weighted by atomic mass is 9.88. The van der Waals surface area contributed by atoms with Crippen molar-refractivity contribution in [1.82, 2.24) is 0 Å². The van der Waals surface area contributed by atoms with E-state index < -0.39 is 23.9 Å². The molecule has 0 bridgehead atoms. The lowest BCUT2D eigenvalue weighted by Crippen LogP contribution is -2.32. The fourth-order valence-corrected chi connectivity index (χ4v) is 3.36. The van der Waals surface area contributed by atoms with Gasteiger partial charge in [0.05, 0.1) is 0 Å². The fourth-order valence-electron chi connectivity index (χ4n) is 3.24. The number of nitrogens with one attached hydrogen (secondary N) is 1. The summed E-state index contributed by atoms with van der Waals surface area (Å²) in [6, 6.07) is 21.3. The molecule has 0 radical (unpaired) electrons. The number of rotatable bonds is 4. The largest absolute Gasteiger partial charge is 0.457 e. The van der Waals surface area contributed by atoms with E-state index in [9.17, 15) is 9.59 Å². The number of para-hydroxylation sites is 2. The molecule has 0 aliphatic carbocycles. The van der Waals surface area contributed by atoms with Gasteiger partial charge in [0, 0.05) is 21.8 Å². The molecule has 0 unspecified atom stereocenters. The van der Waals surface area contributed by atoms with Gasteiger partial charge in [-0.3, -0.25) is 9.59 Å². The van der Waals surface area contributed by atoms with Gasteiger partial charge in [0.1, 0.15) is 17.4 Å². The Kier molecular flexibility index (Phi) is 5.23. The number of amides is 1. The molecule has 4 rings (SSSR count). The number of hydrogen-bond donors (Lipinski definition) is 1. The highest BCUT2D eigenvalue weighted by Crippen LogP contribution is 2.44. The Balaban J connectivity index is 1.53. The molecule has 1 heterocycles. The van der Waals surface area contributed by atoms with E-state index in [0.717, 1.165) is 0 Å². The maximum Gasteiger partial charge on any atom is 0.318 e. The summed E-state index contributed by atoms with van der Waals surface area (Å²) in [5.74, 6) is -0.388. The number of fused-ring (bicyclic) bond motifs is 2. The average Bonchev–Trinajstić information content (AvgIpc) is 2.73. The van der Waals surface area contributed by atoms with Crippen LogP contribution >= 0.6 is 11.6 Å². The molecule has 1 amide bonds. The van der Waals surface area contributed by atoms with Gasteiger partial charge in [-0.2, -0.15) is 0 Å². The quantitative estimate of drug-likeness (QED) is 0.607. The molecule has 0 spiro atoms. The van der Waals surface area contributed by atoms with Crippen LogP contribution in [0.1, 0.15) is 24.0 Å². The number of hydrogen-bond acceptors (Lipinski definition) is 4. The summed E-state index contributed by atoms with van der Waals surface area (Å²) in [6.45, 7) is 1.54. The van der Waals surface area contributed by atoms with Gasteiger partial charge in [-0.1, -0.05) is 48.0 Å². The van der Waals surface area contributed by atoms with E-state index in [4.69, 9.17) is 21.1 Å². The van der Waals surface area contributed by atoms with Gasteiger partial charge in [-0.15, -0.1) is 0 Å². The van der Waals surface area contributed by atoms with Crippen molar-refractivity contribution in [2.75, 3.05) is 5.32 Å². The molecule has 0 aromatic heterocycles. The summed E-state index contributed by atoms with van der Waals surface area (Å²) in [5.41, 5.74) is 1.99. The van der Waals surface area contributed by atoms with E-state index in [1.54, 1.807) is 31.2 Å². The first-order chi connectivity index (χ1) is 14.0. The van der Waals surface area contributed by atoms with Crippen LogP contribution < -0.4 is 10.1 Å². The molecule has 3 aromatic carbocycles. The van der Waals surface area contributed by atoms with Crippen molar-refractivity contribution in [3.63, 3.8) is 0 Å². The third-order valence-corrected chi connectivity index (χ3v) is 4.94. The smallest absolute Gasteiger partial charge is 0.318 e. The van der Waals surface area contributed by atoms with Gasteiger partial charge < -0.3 is 14.8 Å². The number of ether oxygens (including phenoxy) is 2. The molecule has 146 valence electrons. The molecule has 29 heavy (non-hydrogen) atoms. The highest BCUT2D eigenvalue weighted by Gasteiger charge is 2.35. The molecule has 6 heteroatoms. The Bertz CT molecular complexity index is 1020. The monoisotopic (exact) mass is 407 g/mol. The van der Waals surface area contributed by atoms with E-state index in [1.807, 2.05) is 48.5 Å². The van der Waals surface area contributed by atoms with Crippen LogP contribution in [0.25, 0.3) is 0 Å². The lowest BCUT2D eigenvalue weighted by molar-refractivity contribution is -0.153. The third-order valence-electron chi connectivity index (χ3n) is 4.69. The van der Waals surface area contributed by atoms with Crippen molar-refractivity contribution in [3.8, 4) is 11.5 Å². The summed E-state index contributed by atoms with van der Waals surface area (Å²) in [6.07, 6.45) is -0.972. The molecule has 1 aliphatic rings. The van der Waals surface area contributed by atoms with Gasteiger partial charge in [0.25, 0.3) is 5.91 Å². The standard InChI is InChI=1S/C23H18ClNO4/c1-14(22(26)25-16-12-10-15(24)11-13-16)28-23(27)21-17-6-2-4-8-19(17)29-20-9-5-3-7-18(20)21/h2-14,21H,1H3,(H,25,26)/t14-/m1/s1. The number of benzene rings is 3. The highest BCUT2D eigenvalue weighted by atomic mass is 35.5. The minimum absolute atomic E-state index is 0.422. The molecular formula is C23H18ClNO4. The van der Waals surface area contributed by atoms with Crippen molar-refractivity contribution >= 4 is 29.2 Å². The van der Waals surface area contributed by atoms with E-state index in [-0.39, 0.29) is 0 Å². The zero-order valence-electron chi connectivity index (χ0n) is 15.6. The summed E-state index contributed by atoms with van der Waals surface area (Å²) < 4.78 is 11.4. The average molecular weight is 408 g/mol. The van der Waals surface area contributed by atoms with Gasteiger partial charge >= 0.3 is 5.97 Å². The first kappa shape index (κ1) is 19.0. The maximum atomic E-state index is 13.1. The Labute approximate surface area is 173 Å². The number of carbonyl (C=O) groups is 2. The van der Waals surface area contributed by atoms with Crippen LogP contribution in [-0.2, 0) is 14.3 Å². The van der Waals surface area contributed by atoms with Crippen LogP contribution in [-0.4, -0.2) is 18.0 Å². The SMILES string of the molecule is C[C@@H](OC(=O)C1c2ccccc2Oc2ccccc21)C(=O)Nc1ccc(Cl)cc1. The van der Waals surface area contributed by atoms with E-state index in [0.29, 0.717) is 33.3 Å². The third kappa shape index (κ3) is 3.96. The van der Waals surface area contributed by atoms with Gasteiger partial charge in [0.2, 0.25) is 0 Å². The predicted molar refractivity (Wildman–Crippen MR) is 110 cm³/mol. The second-order valence-electron chi connectivity index (χ2n) is 6.69. The van der Waals surface area contributed by atoms with Gasteiger partial charge in [0.15, 0.2) is 6.10 Å². The summed E-state index contributed by atoms with van der Waals surface area (Å²) in [4.78, 5) is 25.5. The van der Waals surface area contributed by atoms with Crippen LogP contribution in [0.2, 0.25) is 5.02 Å². The molecule has 5 nitrogen and oxygen atoms in total. The summed E-state index contributed by atoms with van der Waals surface area (Å²) in [5, 5.41) is 3.28. The molecule has 3 aromatic rings. The summed E-state index contributed by atoms with van der Waals surface area (Å²) >= 11 is 5.86. The van der Waals surface area contributed by atoms with Gasteiger partial charge in [-0.25, -0.2) is 0 Å². The van der Waals surface area contributed by atoms with Crippen LogP contribution in [0.3, 0.4) is 0 Å². The molecule has 0 fully saturated rings. The second kappa shape index (κ2) is 7.97. The van der Waals surface area contributed by atoms with E-state index in [2.05, 4.69) is 5.32 Å². The fraction of sp³-hybridized carbons (Fsp3) is 0.130. The highest BCUT2D eigenvalue weighted by molar-refractivity contribution is 6.30. The molecule has 0 saturated carbocycles. The molecule has 1 N–H and O–H groups in total. The molecule has 1 atom stereocenters. The van der Waals surface area contributed by atoms with Crippen LogP contribution in [0.15, 0.2) is 72.8 Å². The Morgan fingerprint density at radius 2 is 1.48 bits per heavy atom. The number of carbonyl (C=O) groups excluding carboxylic acids is 2. The Hall–Kier alpha value is -3.31. The minimum atomic E-state index is -0.972. The van der Waals surface area contributed by atoms with Crippen LogP contribution in [0, 0.1) is 0 Å². The first-order valence-electron chi connectivity index (χ1n) is 9.15. The Morgan fingerprint density at radius 3 is 2.07 bits per heavy atom. The normalized spacial score (nSPS) is 13.4. The van der Waals surface area contributed by atoms with Crippen molar-refractivity contribution in [1.29, 1.82) is 0 Å². The topological polar surface area (TPSA) is 64.6 Å². The van der Waals surface area contributed by atoms with Gasteiger partial charge in [-0.05, 0) is 43.3 Å². The number of halogens is 1. The number of esters is 1. The van der Waals surface area contributed by atoms with E-state index >= 15 is 0 Å². The zero-order chi connectivity index (χ0) is 20.4. The Morgan fingerprint density at radius 1 is 0.931 bits per heavy atom. The minimum Gasteiger partial charge on any atom is -0.457 e. The van der Waals surface area contributed by atoms with Crippen molar-refractivity contribution in [2.45, 2.75) is 18.9 Å². The first-order valence-corrected chi connectivity index (χ1v) is 9.53. The van der Waals surface area contributed by atoms with Crippen LogP contribution in [0.4, 0.5) is 5.69 Å². The van der Waals surface area contributed by atoms with Crippen molar-refractivity contribution < 1.29 is 19.1 Å². The second-order valence-corrected chi connectivity index (χ2v) is 7.12. The van der Waals surface area contributed by atoms with Crippen molar-refractivity contribution in [2.24, 2.45) is 0 Å². The zero-order valence-corrected chi connectivity index (χ0v) is 16.3. The maximum absolute atomic E-state index is 13.1. The molecule has 1 aliphatic heterocycles. The summed E-state index contributed by atoms with van der Waals surface area (Å²) in [7, 11) is 0. The number of anilines is 1.